The molecule has 0 saturated carbocycles. The van der Waals surface area contributed by atoms with Crippen LogP contribution in [0.2, 0.25) is 0 Å². The number of nitrogens with zero attached hydrogens (tertiary/aromatic N) is 1. The van der Waals surface area contributed by atoms with Gasteiger partial charge in [0.25, 0.3) is 5.91 Å². The molecule has 2 aliphatic rings. The van der Waals surface area contributed by atoms with E-state index in [1.807, 2.05) is 12.1 Å². The summed E-state index contributed by atoms with van der Waals surface area (Å²) in [5, 5.41) is 3.23. The van der Waals surface area contributed by atoms with E-state index >= 15 is 0 Å². The lowest BCUT2D eigenvalue weighted by Crippen LogP contribution is -2.41. The molecule has 0 atom stereocenters. The summed E-state index contributed by atoms with van der Waals surface area (Å²) in [6.45, 7) is 2.49. The van der Waals surface area contributed by atoms with Gasteiger partial charge in [-0.2, -0.15) is 0 Å². The van der Waals surface area contributed by atoms with Crippen LogP contribution in [0, 0.1) is 0 Å². The molecule has 4 rings (SSSR count). The second-order valence-corrected chi connectivity index (χ2v) is 7.67. The van der Waals surface area contributed by atoms with Crippen LogP contribution >= 0.6 is 0 Å². The van der Waals surface area contributed by atoms with Gasteiger partial charge < -0.3 is 14.5 Å². The predicted molar refractivity (Wildman–Crippen MR) is 98.6 cm³/mol. The Morgan fingerprint density at radius 1 is 1.18 bits per heavy atom. The van der Waals surface area contributed by atoms with Crippen LogP contribution in [-0.2, 0) is 33.8 Å². The Morgan fingerprint density at radius 3 is 2.57 bits per heavy atom. The summed E-state index contributed by atoms with van der Waals surface area (Å²) in [5.41, 5.74) is 1.81. The van der Waals surface area contributed by atoms with E-state index in [4.69, 9.17) is 9.15 Å². The van der Waals surface area contributed by atoms with Crippen LogP contribution in [0.15, 0.2) is 27.4 Å². The van der Waals surface area contributed by atoms with Crippen LogP contribution in [0.4, 0.5) is 4.79 Å². The number of hydrogen-bond donors (Lipinski definition) is 1. The standard InChI is InChI=1S/C20H20N2O6/c1-20(2)18(25)22(19(26)21-20)9-17(24)27-10-13-8-16(23)28-15-7-12-5-3-4-11(12)6-14(13)15/h6-8H,3-5,9-10H2,1-2H3,(H,21,26). The van der Waals surface area contributed by atoms with Gasteiger partial charge in [-0.3, -0.25) is 14.5 Å². The molecule has 1 aromatic carbocycles. The Labute approximate surface area is 160 Å². The van der Waals surface area contributed by atoms with E-state index in [2.05, 4.69) is 5.32 Å². The largest absolute Gasteiger partial charge is 0.459 e. The molecule has 146 valence electrons. The summed E-state index contributed by atoms with van der Waals surface area (Å²) in [6.07, 6.45) is 2.98. The minimum atomic E-state index is -1.05. The van der Waals surface area contributed by atoms with Gasteiger partial charge in [0, 0.05) is 17.0 Å². The number of carbonyl (C=O) groups excluding carboxylic acids is 3. The zero-order valence-corrected chi connectivity index (χ0v) is 15.7. The normalized spacial score (nSPS) is 17.7. The van der Waals surface area contributed by atoms with Crippen molar-refractivity contribution in [2.45, 2.75) is 45.3 Å². The summed E-state index contributed by atoms with van der Waals surface area (Å²) in [7, 11) is 0. The number of aryl methyl sites for hydroxylation is 2. The molecule has 1 aliphatic carbocycles. The maximum absolute atomic E-state index is 12.2. The SMILES string of the molecule is CC1(C)NC(=O)N(CC(=O)OCc2cc(=O)oc3cc4c(cc23)CCC4)C1=O. The summed E-state index contributed by atoms with van der Waals surface area (Å²) in [5.74, 6) is -1.22. The fraction of sp³-hybridized carbons (Fsp3) is 0.400. The van der Waals surface area contributed by atoms with Gasteiger partial charge in [-0.25, -0.2) is 9.59 Å². The number of rotatable bonds is 4. The third-order valence-corrected chi connectivity index (χ3v) is 5.16. The second-order valence-electron chi connectivity index (χ2n) is 7.67. The highest BCUT2D eigenvalue weighted by Crippen LogP contribution is 2.28. The quantitative estimate of drug-likeness (QED) is 0.488. The lowest BCUT2D eigenvalue weighted by molar-refractivity contribution is -0.148. The third kappa shape index (κ3) is 3.15. The minimum absolute atomic E-state index is 0.146. The van der Waals surface area contributed by atoms with E-state index in [1.165, 1.54) is 17.2 Å². The fourth-order valence-corrected chi connectivity index (χ4v) is 3.71. The molecule has 1 saturated heterocycles. The van der Waals surface area contributed by atoms with E-state index in [0.29, 0.717) is 11.1 Å². The van der Waals surface area contributed by atoms with Crippen molar-refractivity contribution >= 4 is 28.9 Å². The molecule has 1 fully saturated rings. The number of ether oxygens (including phenoxy) is 1. The molecule has 0 bridgehead atoms. The second kappa shape index (κ2) is 6.47. The molecular weight excluding hydrogens is 364 g/mol. The maximum atomic E-state index is 12.2. The van der Waals surface area contributed by atoms with Crippen molar-refractivity contribution in [2.75, 3.05) is 6.54 Å². The first-order valence-corrected chi connectivity index (χ1v) is 9.13. The summed E-state index contributed by atoms with van der Waals surface area (Å²) in [6, 6.07) is 4.52. The molecule has 1 aromatic heterocycles. The number of imide groups is 1. The third-order valence-electron chi connectivity index (χ3n) is 5.16. The molecule has 1 N–H and O–H groups in total. The van der Waals surface area contributed by atoms with Crippen molar-refractivity contribution in [1.82, 2.24) is 10.2 Å². The highest BCUT2D eigenvalue weighted by atomic mass is 16.5. The molecule has 8 nitrogen and oxygen atoms in total. The molecule has 3 amide bonds. The number of benzene rings is 1. The zero-order valence-electron chi connectivity index (χ0n) is 15.7. The number of fused-ring (bicyclic) bond motifs is 2. The first-order chi connectivity index (χ1) is 13.2. The van der Waals surface area contributed by atoms with Gasteiger partial charge in [0.2, 0.25) is 0 Å². The highest BCUT2D eigenvalue weighted by Gasteiger charge is 2.45. The summed E-state index contributed by atoms with van der Waals surface area (Å²) < 4.78 is 10.5. The number of esters is 1. The van der Waals surface area contributed by atoms with E-state index in [0.717, 1.165) is 29.5 Å². The summed E-state index contributed by atoms with van der Waals surface area (Å²) in [4.78, 5) is 48.9. The van der Waals surface area contributed by atoms with Crippen LogP contribution in [0.25, 0.3) is 11.0 Å². The van der Waals surface area contributed by atoms with Crippen molar-refractivity contribution in [3.63, 3.8) is 0 Å². The van der Waals surface area contributed by atoms with E-state index < -0.39 is 35.6 Å². The van der Waals surface area contributed by atoms with Gasteiger partial charge in [-0.05, 0) is 56.4 Å². The predicted octanol–water partition coefficient (Wildman–Crippen LogP) is 1.66. The number of amides is 3. The Bertz CT molecular complexity index is 1070. The number of hydrogen-bond acceptors (Lipinski definition) is 6. The molecule has 0 spiro atoms. The minimum Gasteiger partial charge on any atom is -0.459 e. The van der Waals surface area contributed by atoms with Crippen LogP contribution in [0.5, 0.6) is 0 Å². The van der Waals surface area contributed by atoms with Gasteiger partial charge in [-0.15, -0.1) is 0 Å². The van der Waals surface area contributed by atoms with Gasteiger partial charge >= 0.3 is 17.6 Å². The van der Waals surface area contributed by atoms with Crippen LogP contribution in [-0.4, -0.2) is 34.9 Å². The molecule has 28 heavy (non-hydrogen) atoms. The highest BCUT2D eigenvalue weighted by molar-refractivity contribution is 6.08. The van der Waals surface area contributed by atoms with Crippen LogP contribution in [0.3, 0.4) is 0 Å². The molecule has 0 unspecified atom stereocenters. The molecule has 8 heteroatoms. The van der Waals surface area contributed by atoms with Gasteiger partial charge in [0.1, 0.15) is 24.3 Å². The average Bonchev–Trinajstić information content (AvgIpc) is 3.15. The lowest BCUT2D eigenvalue weighted by atomic mass is 10.0. The van der Waals surface area contributed by atoms with Crippen molar-refractivity contribution in [3.8, 4) is 0 Å². The molecule has 1 aliphatic heterocycles. The molecular formula is C20H20N2O6. The van der Waals surface area contributed by atoms with Crippen molar-refractivity contribution in [1.29, 1.82) is 0 Å². The van der Waals surface area contributed by atoms with Gasteiger partial charge in [0.05, 0.1) is 0 Å². The topological polar surface area (TPSA) is 106 Å². The Hall–Kier alpha value is -3.16. The smallest absolute Gasteiger partial charge is 0.336 e. The van der Waals surface area contributed by atoms with Crippen molar-refractivity contribution < 1.29 is 23.5 Å². The van der Waals surface area contributed by atoms with Gasteiger partial charge in [0.15, 0.2) is 0 Å². The monoisotopic (exact) mass is 384 g/mol. The Morgan fingerprint density at radius 2 is 1.89 bits per heavy atom. The molecule has 2 aromatic rings. The number of carbonyl (C=O) groups is 3. The fourth-order valence-electron chi connectivity index (χ4n) is 3.71. The lowest BCUT2D eigenvalue weighted by Gasteiger charge is -2.15. The zero-order chi connectivity index (χ0) is 20.1. The molecule has 0 radical (unpaired) electrons. The summed E-state index contributed by atoms with van der Waals surface area (Å²) >= 11 is 0. The van der Waals surface area contributed by atoms with Crippen LogP contribution < -0.4 is 10.9 Å². The molecule has 2 heterocycles. The Kier molecular flexibility index (Phi) is 4.21. The Balaban J connectivity index is 1.51. The van der Waals surface area contributed by atoms with E-state index in [9.17, 15) is 19.2 Å². The van der Waals surface area contributed by atoms with E-state index in [-0.39, 0.29) is 6.61 Å². The van der Waals surface area contributed by atoms with Crippen molar-refractivity contribution in [3.05, 3.63) is 45.3 Å². The average molecular weight is 384 g/mol. The maximum Gasteiger partial charge on any atom is 0.336 e. The van der Waals surface area contributed by atoms with E-state index in [1.54, 1.807) is 13.8 Å². The first-order valence-electron chi connectivity index (χ1n) is 9.13. The first kappa shape index (κ1) is 18.2. The van der Waals surface area contributed by atoms with Crippen molar-refractivity contribution in [2.24, 2.45) is 0 Å². The number of nitrogens with one attached hydrogen (secondary N) is 1. The van der Waals surface area contributed by atoms with Crippen LogP contribution in [0.1, 0.15) is 37.0 Å². The van der Waals surface area contributed by atoms with Gasteiger partial charge in [-0.1, -0.05) is 0 Å². The number of urea groups is 1.